The van der Waals surface area contributed by atoms with Crippen molar-refractivity contribution in [3.63, 3.8) is 0 Å². The number of morpholine rings is 1. The van der Waals surface area contributed by atoms with Gasteiger partial charge in [0.2, 0.25) is 0 Å². The second-order valence-corrected chi connectivity index (χ2v) is 5.13. The third kappa shape index (κ3) is 4.94. The van der Waals surface area contributed by atoms with Gasteiger partial charge in [0.1, 0.15) is 0 Å². The number of benzene rings is 1. The molecule has 3 heteroatoms. The van der Waals surface area contributed by atoms with E-state index in [1.807, 2.05) is 0 Å². The molecule has 1 N–H and O–H groups in total. The Morgan fingerprint density at radius 1 is 1.21 bits per heavy atom. The quantitative estimate of drug-likeness (QED) is 0.764. The van der Waals surface area contributed by atoms with Gasteiger partial charge in [-0.25, -0.2) is 0 Å². The van der Waals surface area contributed by atoms with E-state index in [4.69, 9.17) is 4.74 Å². The highest BCUT2D eigenvalue weighted by Gasteiger charge is 2.10. The Kier molecular flexibility index (Phi) is 6.34. The van der Waals surface area contributed by atoms with Crippen LogP contribution in [0.1, 0.15) is 31.4 Å². The van der Waals surface area contributed by atoms with Crippen LogP contribution in [0.3, 0.4) is 0 Å². The lowest BCUT2D eigenvalue weighted by Crippen LogP contribution is -2.37. The van der Waals surface area contributed by atoms with Crippen molar-refractivity contribution in [2.75, 3.05) is 39.4 Å². The first-order valence-electron chi connectivity index (χ1n) is 7.48. The summed E-state index contributed by atoms with van der Waals surface area (Å²) in [5.74, 6) is 0. The molecular weight excluding hydrogens is 236 g/mol. The predicted molar refractivity (Wildman–Crippen MR) is 79.4 cm³/mol. The molecule has 0 aliphatic carbocycles. The van der Waals surface area contributed by atoms with E-state index >= 15 is 0 Å². The number of hydrogen-bond acceptors (Lipinski definition) is 3. The van der Waals surface area contributed by atoms with Crippen LogP contribution >= 0.6 is 0 Å². The minimum Gasteiger partial charge on any atom is -0.379 e. The van der Waals surface area contributed by atoms with Crippen molar-refractivity contribution in [2.24, 2.45) is 0 Å². The Morgan fingerprint density at radius 2 is 1.95 bits per heavy atom. The van der Waals surface area contributed by atoms with Crippen molar-refractivity contribution in [1.82, 2.24) is 10.2 Å². The van der Waals surface area contributed by atoms with Gasteiger partial charge in [0.05, 0.1) is 13.2 Å². The highest BCUT2D eigenvalue weighted by Crippen LogP contribution is 2.15. The van der Waals surface area contributed by atoms with Gasteiger partial charge in [-0.3, -0.25) is 4.90 Å². The first kappa shape index (κ1) is 14.5. The van der Waals surface area contributed by atoms with Crippen LogP contribution in [-0.4, -0.2) is 44.3 Å². The van der Waals surface area contributed by atoms with E-state index in [1.54, 1.807) is 0 Å². The van der Waals surface area contributed by atoms with Gasteiger partial charge in [-0.2, -0.15) is 0 Å². The van der Waals surface area contributed by atoms with E-state index in [1.165, 1.54) is 18.5 Å². The molecule has 1 aliphatic heterocycles. The van der Waals surface area contributed by atoms with E-state index < -0.39 is 0 Å². The number of hydrogen-bond donors (Lipinski definition) is 1. The Labute approximate surface area is 116 Å². The maximum Gasteiger partial charge on any atom is 0.0594 e. The molecular formula is C16H26N2O. The number of nitrogens with zero attached hydrogens (tertiary/aromatic N) is 1. The fraction of sp³-hybridized carbons (Fsp3) is 0.625. The maximum absolute atomic E-state index is 5.36. The number of rotatable bonds is 7. The van der Waals surface area contributed by atoms with Gasteiger partial charge in [-0.1, -0.05) is 37.3 Å². The van der Waals surface area contributed by atoms with Crippen LogP contribution in [0, 0.1) is 0 Å². The lowest BCUT2D eigenvalue weighted by molar-refractivity contribution is 0.0374. The summed E-state index contributed by atoms with van der Waals surface area (Å²) in [5, 5.41) is 3.67. The fourth-order valence-corrected chi connectivity index (χ4v) is 2.59. The standard InChI is InChI=1S/C16H26N2O/c1-2-16(15-7-4-3-5-8-15)17-9-6-10-18-11-13-19-14-12-18/h3-5,7-8,16-17H,2,6,9-14H2,1H3. The molecule has 3 nitrogen and oxygen atoms in total. The van der Waals surface area contributed by atoms with Crippen LogP contribution in [0.15, 0.2) is 30.3 Å². The van der Waals surface area contributed by atoms with Gasteiger partial charge in [-0.05, 0) is 31.5 Å². The van der Waals surface area contributed by atoms with Crippen molar-refractivity contribution >= 4 is 0 Å². The van der Waals surface area contributed by atoms with E-state index in [0.29, 0.717) is 6.04 Å². The zero-order valence-corrected chi connectivity index (χ0v) is 12.0. The van der Waals surface area contributed by atoms with E-state index in [2.05, 4.69) is 47.5 Å². The summed E-state index contributed by atoms with van der Waals surface area (Å²) in [7, 11) is 0. The topological polar surface area (TPSA) is 24.5 Å². The molecule has 1 heterocycles. The van der Waals surface area contributed by atoms with Crippen LogP contribution in [0.5, 0.6) is 0 Å². The van der Waals surface area contributed by atoms with E-state index in [-0.39, 0.29) is 0 Å². The Bertz CT molecular complexity index is 336. The van der Waals surface area contributed by atoms with Gasteiger partial charge in [-0.15, -0.1) is 0 Å². The first-order valence-corrected chi connectivity index (χ1v) is 7.48. The molecule has 106 valence electrons. The molecule has 0 saturated carbocycles. The van der Waals surface area contributed by atoms with Crippen LogP contribution in [-0.2, 0) is 4.74 Å². The van der Waals surface area contributed by atoms with Gasteiger partial charge in [0.25, 0.3) is 0 Å². The molecule has 0 aromatic heterocycles. The number of nitrogens with one attached hydrogen (secondary N) is 1. The lowest BCUT2D eigenvalue weighted by atomic mass is 10.0. The van der Waals surface area contributed by atoms with Crippen LogP contribution in [0.25, 0.3) is 0 Å². The van der Waals surface area contributed by atoms with Gasteiger partial charge >= 0.3 is 0 Å². The molecule has 1 aliphatic rings. The molecule has 1 fully saturated rings. The molecule has 1 aromatic carbocycles. The second-order valence-electron chi connectivity index (χ2n) is 5.13. The van der Waals surface area contributed by atoms with Crippen LogP contribution in [0.2, 0.25) is 0 Å². The predicted octanol–water partition coefficient (Wildman–Crippen LogP) is 2.45. The average molecular weight is 262 g/mol. The zero-order chi connectivity index (χ0) is 13.3. The smallest absolute Gasteiger partial charge is 0.0594 e. The lowest BCUT2D eigenvalue weighted by Gasteiger charge is -2.27. The Hall–Kier alpha value is -0.900. The molecule has 0 amide bonds. The van der Waals surface area contributed by atoms with Gasteiger partial charge < -0.3 is 10.1 Å². The van der Waals surface area contributed by atoms with Crippen LogP contribution in [0.4, 0.5) is 0 Å². The molecule has 0 bridgehead atoms. The first-order chi connectivity index (χ1) is 9.40. The summed E-state index contributed by atoms with van der Waals surface area (Å²) in [6.45, 7) is 8.49. The van der Waals surface area contributed by atoms with Crippen molar-refractivity contribution in [1.29, 1.82) is 0 Å². The van der Waals surface area contributed by atoms with Crippen LogP contribution < -0.4 is 5.32 Å². The third-order valence-corrected chi connectivity index (χ3v) is 3.76. The largest absolute Gasteiger partial charge is 0.379 e. The maximum atomic E-state index is 5.36. The molecule has 1 atom stereocenters. The normalized spacial score (nSPS) is 18.4. The zero-order valence-electron chi connectivity index (χ0n) is 12.0. The summed E-state index contributed by atoms with van der Waals surface area (Å²) >= 11 is 0. The van der Waals surface area contributed by atoms with Gasteiger partial charge in [0, 0.05) is 19.1 Å². The Morgan fingerprint density at radius 3 is 2.63 bits per heavy atom. The number of ether oxygens (including phenoxy) is 1. The minimum absolute atomic E-state index is 0.492. The third-order valence-electron chi connectivity index (χ3n) is 3.76. The summed E-state index contributed by atoms with van der Waals surface area (Å²) in [4.78, 5) is 2.49. The Balaban J connectivity index is 1.66. The van der Waals surface area contributed by atoms with Crippen molar-refractivity contribution < 1.29 is 4.74 Å². The van der Waals surface area contributed by atoms with Crippen molar-refractivity contribution in [2.45, 2.75) is 25.8 Å². The van der Waals surface area contributed by atoms with Crippen molar-refractivity contribution in [3.05, 3.63) is 35.9 Å². The SMILES string of the molecule is CCC(NCCCN1CCOCC1)c1ccccc1. The average Bonchev–Trinajstić information content (AvgIpc) is 2.49. The minimum atomic E-state index is 0.492. The summed E-state index contributed by atoms with van der Waals surface area (Å²) in [6.07, 6.45) is 2.35. The summed E-state index contributed by atoms with van der Waals surface area (Å²) < 4.78 is 5.36. The summed E-state index contributed by atoms with van der Waals surface area (Å²) in [5.41, 5.74) is 1.40. The fourth-order valence-electron chi connectivity index (χ4n) is 2.59. The molecule has 0 radical (unpaired) electrons. The monoisotopic (exact) mass is 262 g/mol. The molecule has 1 unspecified atom stereocenters. The molecule has 1 saturated heterocycles. The second kappa shape index (κ2) is 8.31. The molecule has 1 aromatic rings. The highest BCUT2D eigenvalue weighted by atomic mass is 16.5. The van der Waals surface area contributed by atoms with E-state index in [0.717, 1.165) is 39.3 Å². The highest BCUT2D eigenvalue weighted by molar-refractivity contribution is 5.18. The van der Waals surface area contributed by atoms with E-state index in [9.17, 15) is 0 Å². The molecule has 19 heavy (non-hydrogen) atoms. The van der Waals surface area contributed by atoms with Gasteiger partial charge in [0.15, 0.2) is 0 Å². The summed E-state index contributed by atoms with van der Waals surface area (Å²) in [6, 6.07) is 11.2. The molecule has 0 spiro atoms. The van der Waals surface area contributed by atoms with Crippen molar-refractivity contribution in [3.8, 4) is 0 Å². The molecule has 2 rings (SSSR count).